The van der Waals surface area contributed by atoms with Crippen LogP contribution in [0.2, 0.25) is 0 Å². The third kappa shape index (κ3) is 7.58. The maximum absolute atomic E-state index is 10.7. The Labute approximate surface area is 154 Å². The quantitative estimate of drug-likeness (QED) is 0.177. The largest absolute Gasteiger partial charge is 0.103 e. The van der Waals surface area contributed by atoms with E-state index in [0.29, 0.717) is 0 Å². The smallest absolute Gasteiger partial charge is 0.0619 e. The summed E-state index contributed by atoms with van der Waals surface area (Å²) in [6, 6.07) is 15.7. The number of unbranched alkanes of at least 4 members (excludes halogenated alkanes) is 2. The van der Waals surface area contributed by atoms with Crippen molar-refractivity contribution in [2.75, 3.05) is 5.75 Å². The van der Waals surface area contributed by atoms with Crippen molar-refractivity contribution < 1.29 is 25.2 Å². The molecule has 0 heterocycles. The summed E-state index contributed by atoms with van der Waals surface area (Å²) in [5.41, 5.74) is 7.53. The predicted molar refractivity (Wildman–Crippen MR) is 101 cm³/mol. The molecule has 0 radical (unpaired) electrons. The molecule has 1 aliphatic carbocycles. The van der Waals surface area contributed by atoms with Crippen LogP contribution in [0, 0.1) is 0 Å². The van der Waals surface area contributed by atoms with Gasteiger partial charge in [0.25, 0.3) is 0 Å². The van der Waals surface area contributed by atoms with Gasteiger partial charge < -0.3 is 0 Å². The fourth-order valence-corrected chi connectivity index (χ4v) is 3.32. The molecule has 146 valence electrons. The van der Waals surface area contributed by atoms with Crippen LogP contribution in [0.15, 0.2) is 42.5 Å². The van der Waals surface area contributed by atoms with Crippen molar-refractivity contribution in [2.24, 2.45) is 0 Å². The van der Waals surface area contributed by atoms with Gasteiger partial charge in [-0.2, -0.15) is 0 Å². The van der Waals surface area contributed by atoms with Crippen LogP contribution in [0.3, 0.4) is 0 Å². The van der Waals surface area contributed by atoms with Gasteiger partial charge in [-0.15, -0.1) is 0 Å². The second-order valence-electron chi connectivity index (χ2n) is 6.30. The molecular formula is C18H21F6PS. The van der Waals surface area contributed by atoms with Crippen molar-refractivity contribution in [3.05, 3.63) is 59.2 Å². The molecule has 2 aromatic rings. The number of rotatable bonds is 5. The minimum absolute atomic E-state index is 1.12. The summed E-state index contributed by atoms with van der Waals surface area (Å²) in [6.45, 7) is 0. The van der Waals surface area contributed by atoms with E-state index in [1.54, 1.807) is 11.1 Å². The zero-order valence-electron chi connectivity index (χ0n) is 14.0. The fraction of sp³-hybridized carbons (Fsp3) is 0.333. The second kappa shape index (κ2) is 7.08. The van der Waals surface area contributed by atoms with Crippen LogP contribution in [-0.4, -0.2) is 5.75 Å². The molecular weight excluding hydrogens is 393 g/mol. The zero-order chi connectivity index (χ0) is 19.5. The van der Waals surface area contributed by atoms with Gasteiger partial charge in [-0.05, 0) is 72.6 Å². The summed E-state index contributed by atoms with van der Waals surface area (Å²) in [5.74, 6) is 1.12. The summed E-state index contributed by atoms with van der Waals surface area (Å²) in [7, 11) is -10.7. The van der Waals surface area contributed by atoms with Crippen molar-refractivity contribution in [2.45, 2.75) is 32.1 Å². The zero-order valence-corrected chi connectivity index (χ0v) is 15.9. The van der Waals surface area contributed by atoms with Crippen LogP contribution in [0.5, 0.6) is 0 Å². The van der Waals surface area contributed by atoms with Gasteiger partial charge in [0, 0.05) is 0 Å². The van der Waals surface area contributed by atoms with Crippen LogP contribution in [0.4, 0.5) is 25.2 Å². The molecule has 0 saturated heterocycles. The molecule has 0 saturated carbocycles. The molecule has 0 nitrogen and oxygen atoms in total. The molecule has 0 spiro atoms. The number of hydrogen-bond acceptors (Lipinski definition) is 0. The van der Waals surface area contributed by atoms with Crippen LogP contribution < -0.4 is 0 Å². The Bertz CT molecular complexity index is 759. The molecule has 0 aliphatic heterocycles. The molecule has 1 aliphatic rings. The first-order chi connectivity index (χ1) is 11.8. The van der Waals surface area contributed by atoms with Crippen LogP contribution in [-0.2, 0) is 25.5 Å². The molecule has 8 heteroatoms. The Hall–Kier alpha value is -1.20. The van der Waals surface area contributed by atoms with Gasteiger partial charge >= 0.3 is 33.0 Å². The molecule has 3 rings (SSSR count). The van der Waals surface area contributed by atoms with Crippen LogP contribution in [0.25, 0.3) is 11.1 Å². The first kappa shape index (κ1) is 21.1. The Morgan fingerprint density at radius 1 is 0.769 bits per heavy atom. The van der Waals surface area contributed by atoms with Gasteiger partial charge in [-0.3, -0.25) is 0 Å². The topological polar surface area (TPSA) is 0 Å². The van der Waals surface area contributed by atoms with Gasteiger partial charge in [0.05, 0.1) is 0 Å². The summed E-state index contributed by atoms with van der Waals surface area (Å²) >= 11 is 3.55. The van der Waals surface area contributed by atoms with E-state index in [4.69, 9.17) is 0 Å². The van der Waals surface area contributed by atoms with Crippen molar-refractivity contribution in [1.29, 1.82) is 0 Å². The molecule has 0 atom stereocenters. The van der Waals surface area contributed by atoms with Gasteiger partial charge in [-0.25, -0.2) is 0 Å². The van der Waals surface area contributed by atoms with Crippen LogP contribution >= 0.6 is 7.81 Å². The normalized spacial score (nSPS) is 15.2. The van der Waals surface area contributed by atoms with Gasteiger partial charge in [0.15, 0.2) is 0 Å². The van der Waals surface area contributed by atoms with Crippen molar-refractivity contribution >= 4 is 20.4 Å². The molecule has 0 N–H and O–H groups in total. The molecule has 0 unspecified atom stereocenters. The first-order valence-corrected chi connectivity index (χ1v) is 11.0. The molecule has 0 fully saturated rings. The number of fused-ring (bicyclic) bond motifs is 3. The number of halogens is 6. The van der Waals surface area contributed by atoms with E-state index in [9.17, 15) is 25.2 Å². The summed E-state index contributed by atoms with van der Waals surface area (Å²) < 4.78 is 59.2. The maximum Gasteiger partial charge on any atom is 0.103 e. The minimum atomic E-state index is -10.7. The molecule has 0 bridgehead atoms. The monoisotopic (exact) mass is 414 g/mol. The average Bonchev–Trinajstić information content (AvgIpc) is 2.88. The molecule has 26 heavy (non-hydrogen) atoms. The van der Waals surface area contributed by atoms with E-state index in [1.165, 1.54) is 42.4 Å². The third-order valence-electron chi connectivity index (χ3n) is 4.07. The van der Waals surface area contributed by atoms with E-state index in [1.807, 2.05) is 0 Å². The number of aryl methyl sites for hydroxylation is 1. The first-order valence-electron chi connectivity index (χ1n) is 8.25. The number of benzene rings is 2. The average molecular weight is 414 g/mol. The minimum Gasteiger partial charge on any atom is -0.0619 e. The summed E-state index contributed by atoms with van der Waals surface area (Å²) in [5, 5.41) is 0. The Kier molecular flexibility index (Phi) is 5.75. The van der Waals surface area contributed by atoms with Crippen molar-refractivity contribution in [1.82, 2.24) is 0 Å². The maximum atomic E-state index is 9.87. The van der Waals surface area contributed by atoms with Gasteiger partial charge in [0.1, 0.15) is 5.75 Å². The summed E-state index contributed by atoms with van der Waals surface area (Å²) in [4.78, 5) is 0. The SMILES string of the molecule is F[P-](F)(F)(F)(F)F.[SH2+]CCCCCc1cccc2c1Cc1ccccc1-2. The van der Waals surface area contributed by atoms with Crippen molar-refractivity contribution in [3.8, 4) is 11.1 Å². The predicted octanol–water partition coefficient (Wildman–Crippen LogP) is 7.36. The van der Waals surface area contributed by atoms with Crippen molar-refractivity contribution in [3.63, 3.8) is 0 Å². The number of hydrogen-bond donors (Lipinski definition) is 0. The molecule has 0 amide bonds. The van der Waals surface area contributed by atoms with Gasteiger partial charge in [0.2, 0.25) is 0 Å². The van der Waals surface area contributed by atoms with E-state index in [2.05, 4.69) is 55.1 Å². The van der Waals surface area contributed by atoms with E-state index < -0.39 is 7.81 Å². The van der Waals surface area contributed by atoms with E-state index in [0.717, 1.165) is 12.2 Å². The second-order valence-corrected chi connectivity index (χ2v) is 8.71. The standard InChI is InChI=1S/C18H20S.F6P/c19-12-5-1-2-7-14-9-6-11-17-16-10-4-3-8-15(16)13-18(14)17;1-7(2,3,4,5)6/h3-4,6,8-11,19H,1-2,5,7,12-13H2;/q;-1/p+1. The molecule has 2 aromatic carbocycles. The Balaban J connectivity index is 0.000000298. The summed E-state index contributed by atoms with van der Waals surface area (Å²) in [6.07, 6.45) is 6.26. The van der Waals surface area contributed by atoms with E-state index in [-0.39, 0.29) is 0 Å². The van der Waals surface area contributed by atoms with Gasteiger partial charge in [-0.1, -0.05) is 42.5 Å². The van der Waals surface area contributed by atoms with E-state index >= 15 is 0 Å². The fourth-order valence-electron chi connectivity index (χ4n) is 3.07. The Morgan fingerprint density at radius 3 is 2.04 bits per heavy atom. The Morgan fingerprint density at radius 2 is 1.38 bits per heavy atom. The third-order valence-corrected chi connectivity index (χ3v) is 4.42. The van der Waals surface area contributed by atoms with Crippen LogP contribution in [0.1, 0.15) is 36.0 Å². The molecule has 0 aromatic heterocycles.